The molecule has 0 saturated carbocycles. The van der Waals surface area contributed by atoms with Crippen molar-refractivity contribution in [2.24, 2.45) is 0 Å². The van der Waals surface area contributed by atoms with Crippen LogP contribution in [0.15, 0.2) is 0 Å². The number of hydrogen-bond acceptors (Lipinski definition) is 0. The van der Waals surface area contributed by atoms with Gasteiger partial charge in [-0.25, -0.2) is 0 Å². The summed E-state index contributed by atoms with van der Waals surface area (Å²) in [4.78, 5) is 0. The van der Waals surface area contributed by atoms with Crippen molar-refractivity contribution in [3.63, 3.8) is 0 Å². The van der Waals surface area contributed by atoms with Gasteiger partial charge >= 0.3 is 0 Å². The number of unbranched alkanes of at least 4 members (excludes halogenated alkanes) is 1. The Morgan fingerprint density at radius 1 is 1.00 bits per heavy atom. The van der Waals surface area contributed by atoms with Crippen LogP contribution in [0.1, 0.15) is 26.7 Å². The average molecular weight is 177 g/mol. The zero-order chi connectivity index (χ0) is 3.41. The summed E-state index contributed by atoms with van der Waals surface area (Å²) in [7, 11) is 0. The molecule has 0 saturated heterocycles. The van der Waals surface area contributed by atoms with Crippen LogP contribution in [0.3, 0.4) is 0 Å². The van der Waals surface area contributed by atoms with Crippen LogP contribution >= 0.6 is 0 Å². The normalized spacial score (nSPS) is 6.00. The van der Waals surface area contributed by atoms with Crippen LogP contribution in [0, 0.1) is 0 Å². The first-order valence-corrected chi connectivity index (χ1v) is 1.91. The maximum atomic E-state index is 2.18. The molecule has 0 aromatic heterocycles. The molecular weight excluding hydrogens is 167 g/mol. The average Bonchev–Trinajstić information content (AvgIpc) is 1.37. The van der Waals surface area contributed by atoms with E-state index in [1.165, 1.54) is 12.8 Å². The van der Waals surface area contributed by atoms with Gasteiger partial charge in [0.15, 0.2) is 0 Å². The fourth-order valence-electron chi connectivity index (χ4n) is 0. The van der Waals surface area contributed by atoms with Gasteiger partial charge < -0.3 is 0 Å². The quantitative estimate of drug-likeness (QED) is 0.531. The smallest absolute Gasteiger partial charge is 0 e. The second-order valence-corrected chi connectivity index (χ2v) is 1.000. The van der Waals surface area contributed by atoms with E-state index in [-0.39, 0.29) is 23.9 Å². The van der Waals surface area contributed by atoms with Crippen LogP contribution in [0.5, 0.6) is 0 Å². The topological polar surface area (TPSA) is 0 Å². The van der Waals surface area contributed by atoms with Crippen molar-refractivity contribution in [2.75, 3.05) is 0 Å². The summed E-state index contributed by atoms with van der Waals surface area (Å²) in [6.07, 6.45) is 2.64. The fraction of sp³-hybridized carbons (Fsp3) is 1.00. The second-order valence-electron chi connectivity index (χ2n) is 1.000. The van der Waals surface area contributed by atoms with Crippen LogP contribution in [-0.4, -0.2) is 23.9 Å². The Morgan fingerprint density at radius 2 is 1.20 bits per heavy atom. The van der Waals surface area contributed by atoms with Gasteiger partial charge in [0.2, 0.25) is 0 Å². The van der Waals surface area contributed by atoms with E-state index in [0.717, 1.165) is 0 Å². The van der Waals surface area contributed by atoms with Gasteiger partial charge in [-0.15, -0.1) is 0 Å². The van der Waals surface area contributed by atoms with E-state index < -0.39 is 0 Å². The first-order valence-electron chi connectivity index (χ1n) is 1.91. The molecule has 0 aliphatic carbocycles. The zero-order valence-electron chi connectivity index (χ0n) is 3.91. The first-order chi connectivity index (χ1) is 1.91. The Balaban J connectivity index is 0. The van der Waals surface area contributed by atoms with Crippen molar-refractivity contribution in [1.82, 2.24) is 0 Å². The Morgan fingerprint density at radius 3 is 1.20 bits per heavy atom. The summed E-state index contributed by atoms with van der Waals surface area (Å²) in [5.74, 6) is 0. The van der Waals surface area contributed by atoms with Crippen LogP contribution in [0.2, 0.25) is 0 Å². The van der Waals surface area contributed by atoms with Crippen molar-refractivity contribution < 1.29 is 0 Å². The predicted octanol–water partition coefficient (Wildman–Crippen LogP) is 1.43. The van der Waals surface area contributed by atoms with Crippen molar-refractivity contribution in [1.29, 1.82) is 0 Å². The Labute approximate surface area is 50.9 Å². The molecule has 5 heavy (non-hydrogen) atoms. The van der Waals surface area contributed by atoms with E-state index in [2.05, 4.69) is 13.8 Å². The summed E-state index contributed by atoms with van der Waals surface area (Å²) in [5, 5.41) is 0. The monoisotopic (exact) mass is 178 g/mol. The van der Waals surface area contributed by atoms with E-state index in [9.17, 15) is 0 Å². The van der Waals surface area contributed by atoms with Crippen molar-refractivity contribution in [3.8, 4) is 0 Å². The van der Waals surface area contributed by atoms with E-state index >= 15 is 0 Å². The third-order valence-corrected chi connectivity index (χ3v) is 0.500. The van der Waals surface area contributed by atoms with Crippen LogP contribution < -0.4 is 0 Å². The zero-order valence-corrected chi connectivity index (χ0v) is 6.77. The number of rotatable bonds is 1. The molecule has 0 heterocycles. The third kappa shape index (κ3) is 11.6. The molecule has 0 aromatic rings. The number of hydrogen-bond donors (Lipinski definition) is 0. The second kappa shape index (κ2) is 8.84. The van der Waals surface area contributed by atoms with Crippen LogP contribution in [0.25, 0.3) is 0 Å². The molecule has 0 fully saturated rings. The van der Waals surface area contributed by atoms with Gasteiger partial charge in [-0.2, -0.15) is 0 Å². The summed E-state index contributed by atoms with van der Waals surface area (Å²) in [6, 6.07) is 0. The van der Waals surface area contributed by atoms with Gasteiger partial charge in [0, 0.05) is 23.9 Å². The predicted molar refractivity (Wildman–Crippen MR) is 26.3 cm³/mol. The van der Waals surface area contributed by atoms with Crippen molar-refractivity contribution in [2.45, 2.75) is 26.7 Å². The summed E-state index contributed by atoms with van der Waals surface area (Å²) in [6.45, 7) is 4.36. The largest absolute Gasteiger partial charge is 0.0654 e. The summed E-state index contributed by atoms with van der Waals surface area (Å²) in [5.41, 5.74) is 0. The molecule has 30 valence electrons. The standard InChI is InChI=1S/C4H10.Sn/c1-3-4-2;/h3-4H2,1-2H3;. The molecule has 0 aromatic carbocycles. The molecule has 0 aliphatic rings. The first kappa shape index (κ1) is 9.25. The minimum atomic E-state index is 0. The maximum absolute atomic E-state index is 2.18. The van der Waals surface area contributed by atoms with Gasteiger partial charge in [-0.3, -0.25) is 0 Å². The third-order valence-electron chi connectivity index (χ3n) is 0.500. The Hall–Kier alpha value is 0.799. The Kier molecular flexibility index (Phi) is 16.4. The fourth-order valence-corrected chi connectivity index (χ4v) is 0. The molecule has 0 bridgehead atoms. The summed E-state index contributed by atoms with van der Waals surface area (Å²) >= 11 is 0. The van der Waals surface area contributed by atoms with E-state index in [1.807, 2.05) is 0 Å². The van der Waals surface area contributed by atoms with Crippen molar-refractivity contribution >= 4 is 23.9 Å². The molecule has 0 N–H and O–H groups in total. The molecular formula is C4H10Sn. The molecule has 0 atom stereocenters. The molecule has 0 unspecified atom stereocenters. The molecule has 1 heteroatoms. The maximum Gasteiger partial charge on any atom is 0 e. The van der Waals surface area contributed by atoms with E-state index in [1.54, 1.807) is 0 Å². The van der Waals surface area contributed by atoms with Gasteiger partial charge in [0.1, 0.15) is 0 Å². The molecule has 0 spiro atoms. The minimum absolute atomic E-state index is 0. The molecule has 0 rings (SSSR count). The molecule has 0 nitrogen and oxygen atoms in total. The van der Waals surface area contributed by atoms with Crippen LogP contribution in [-0.2, 0) is 0 Å². The van der Waals surface area contributed by atoms with Gasteiger partial charge in [-0.1, -0.05) is 26.7 Å². The van der Waals surface area contributed by atoms with E-state index in [4.69, 9.17) is 0 Å². The van der Waals surface area contributed by atoms with Gasteiger partial charge in [0.05, 0.1) is 0 Å². The minimum Gasteiger partial charge on any atom is -0.0654 e. The van der Waals surface area contributed by atoms with Gasteiger partial charge in [-0.05, 0) is 0 Å². The van der Waals surface area contributed by atoms with E-state index in [0.29, 0.717) is 0 Å². The van der Waals surface area contributed by atoms with Gasteiger partial charge in [0.25, 0.3) is 0 Å². The molecule has 0 amide bonds. The SMILES string of the molecule is CCCC.[Sn]. The van der Waals surface area contributed by atoms with Crippen LogP contribution in [0.4, 0.5) is 0 Å². The molecule has 4 radical (unpaired) electrons. The summed E-state index contributed by atoms with van der Waals surface area (Å²) < 4.78 is 0. The Bertz CT molecular complexity index is 5.61. The van der Waals surface area contributed by atoms with Crippen molar-refractivity contribution in [3.05, 3.63) is 0 Å². The molecule has 0 aliphatic heterocycles.